The van der Waals surface area contributed by atoms with Crippen molar-refractivity contribution >= 4 is 11.8 Å². The van der Waals surface area contributed by atoms with E-state index in [4.69, 9.17) is 0 Å². The molecule has 1 fully saturated rings. The second-order valence-electron chi connectivity index (χ2n) is 5.06. The van der Waals surface area contributed by atoms with Crippen LogP contribution < -0.4 is 5.32 Å². The summed E-state index contributed by atoms with van der Waals surface area (Å²) in [5.41, 5.74) is 0.952. The van der Waals surface area contributed by atoms with E-state index in [1.165, 1.54) is 12.1 Å². The van der Waals surface area contributed by atoms with Gasteiger partial charge < -0.3 is 10.2 Å². The Morgan fingerprint density at radius 2 is 1.90 bits per heavy atom. The number of nitrogens with one attached hydrogen (secondary N) is 1. The van der Waals surface area contributed by atoms with E-state index in [0.29, 0.717) is 19.4 Å². The van der Waals surface area contributed by atoms with Gasteiger partial charge in [0.2, 0.25) is 11.8 Å². The second kappa shape index (κ2) is 6.03. The highest BCUT2D eigenvalue weighted by Crippen LogP contribution is 2.14. The molecule has 4 nitrogen and oxygen atoms in total. The molecule has 1 aromatic carbocycles. The maximum absolute atomic E-state index is 12.8. The highest BCUT2D eigenvalue weighted by atomic mass is 19.1. The smallest absolute Gasteiger partial charge is 0.245 e. The predicted molar refractivity (Wildman–Crippen MR) is 73.5 cm³/mol. The molecule has 1 aliphatic heterocycles. The number of rotatable bonds is 4. The van der Waals surface area contributed by atoms with Gasteiger partial charge in [0, 0.05) is 6.54 Å². The Morgan fingerprint density at radius 3 is 2.50 bits per heavy atom. The van der Waals surface area contributed by atoms with Gasteiger partial charge in [0.1, 0.15) is 17.9 Å². The molecule has 1 saturated heterocycles. The van der Waals surface area contributed by atoms with Gasteiger partial charge in [-0.3, -0.25) is 9.59 Å². The van der Waals surface area contributed by atoms with E-state index in [2.05, 4.69) is 5.32 Å². The zero-order valence-electron chi connectivity index (χ0n) is 11.7. The summed E-state index contributed by atoms with van der Waals surface area (Å²) in [5, 5.41) is 2.69. The van der Waals surface area contributed by atoms with Gasteiger partial charge in [0.25, 0.3) is 0 Å². The summed E-state index contributed by atoms with van der Waals surface area (Å²) in [7, 11) is 0. The standard InChI is InChI=1S/C15H19FN2O2/c1-3-13-14(19)17-10(2)15(20)18(13)9-8-11-4-6-12(16)7-5-11/h4-7,10,13H,3,8-9H2,1-2H3,(H,17,19). The number of benzene rings is 1. The fourth-order valence-electron chi connectivity index (χ4n) is 2.49. The van der Waals surface area contributed by atoms with Crippen LogP contribution in [-0.4, -0.2) is 35.3 Å². The molecule has 1 aliphatic rings. The van der Waals surface area contributed by atoms with Crippen molar-refractivity contribution in [2.75, 3.05) is 6.54 Å². The average molecular weight is 278 g/mol. The number of halogens is 1. The molecule has 0 radical (unpaired) electrons. The molecule has 5 heteroatoms. The Balaban J connectivity index is 2.06. The maximum Gasteiger partial charge on any atom is 0.245 e. The van der Waals surface area contributed by atoms with Crippen molar-refractivity contribution in [3.05, 3.63) is 35.6 Å². The molecule has 1 N–H and O–H groups in total. The minimum atomic E-state index is -0.474. The number of nitrogens with zero attached hydrogens (tertiary/aromatic N) is 1. The van der Waals surface area contributed by atoms with E-state index < -0.39 is 12.1 Å². The normalized spacial score (nSPS) is 22.9. The first-order valence-electron chi connectivity index (χ1n) is 6.88. The molecule has 1 heterocycles. The van der Waals surface area contributed by atoms with Crippen LogP contribution in [0.1, 0.15) is 25.8 Å². The van der Waals surface area contributed by atoms with E-state index in [0.717, 1.165) is 5.56 Å². The zero-order chi connectivity index (χ0) is 14.7. The Hall–Kier alpha value is -1.91. The van der Waals surface area contributed by atoms with Gasteiger partial charge in [0.15, 0.2) is 0 Å². The predicted octanol–water partition coefficient (Wildman–Crippen LogP) is 1.49. The van der Waals surface area contributed by atoms with Crippen LogP contribution in [0, 0.1) is 5.82 Å². The molecule has 2 rings (SSSR count). The number of carbonyl (C=O) groups is 2. The summed E-state index contributed by atoms with van der Waals surface area (Å²) >= 11 is 0. The van der Waals surface area contributed by atoms with E-state index in [1.807, 2.05) is 6.92 Å². The topological polar surface area (TPSA) is 49.4 Å². The number of hydrogen-bond donors (Lipinski definition) is 1. The van der Waals surface area contributed by atoms with E-state index in [1.54, 1.807) is 24.0 Å². The second-order valence-corrected chi connectivity index (χ2v) is 5.06. The van der Waals surface area contributed by atoms with Crippen LogP contribution in [0.25, 0.3) is 0 Å². The van der Waals surface area contributed by atoms with Crippen LogP contribution in [0.4, 0.5) is 4.39 Å². The van der Waals surface area contributed by atoms with Crippen molar-refractivity contribution in [1.82, 2.24) is 10.2 Å². The van der Waals surface area contributed by atoms with Crippen molar-refractivity contribution in [2.24, 2.45) is 0 Å². The molecule has 0 aromatic heterocycles. The monoisotopic (exact) mass is 278 g/mol. The van der Waals surface area contributed by atoms with Crippen molar-refractivity contribution in [3.8, 4) is 0 Å². The molecule has 20 heavy (non-hydrogen) atoms. The largest absolute Gasteiger partial charge is 0.343 e. The zero-order valence-corrected chi connectivity index (χ0v) is 11.7. The third kappa shape index (κ3) is 2.98. The number of carbonyl (C=O) groups excluding carboxylic acids is 2. The fourth-order valence-corrected chi connectivity index (χ4v) is 2.49. The van der Waals surface area contributed by atoms with Gasteiger partial charge in [-0.05, 0) is 37.5 Å². The lowest BCUT2D eigenvalue weighted by Crippen LogP contribution is -2.62. The maximum atomic E-state index is 12.8. The SMILES string of the molecule is CCC1C(=O)NC(C)C(=O)N1CCc1ccc(F)cc1. The summed E-state index contributed by atoms with van der Waals surface area (Å²) < 4.78 is 12.8. The van der Waals surface area contributed by atoms with Crippen LogP contribution in [0.3, 0.4) is 0 Å². The first-order valence-corrected chi connectivity index (χ1v) is 6.88. The summed E-state index contributed by atoms with van der Waals surface area (Å²) in [6, 6.07) is 5.33. The number of piperazine rings is 1. The molecular weight excluding hydrogens is 259 g/mol. The van der Waals surface area contributed by atoms with E-state index in [-0.39, 0.29) is 17.6 Å². The number of amides is 2. The van der Waals surface area contributed by atoms with Crippen molar-refractivity contribution in [3.63, 3.8) is 0 Å². The molecular formula is C15H19FN2O2. The van der Waals surface area contributed by atoms with Crippen LogP contribution in [0.5, 0.6) is 0 Å². The van der Waals surface area contributed by atoms with Gasteiger partial charge in [0.05, 0.1) is 0 Å². The van der Waals surface area contributed by atoms with Gasteiger partial charge >= 0.3 is 0 Å². The Bertz CT molecular complexity index is 501. The van der Waals surface area contributed by atoms with E-state index >= 15 is 0 Å². The van der Waals surface area contributed by atoms with Crippen LogP contribution in [-0.2, 0) is 16.0 Å². The molecule has 2 unspecified atom stereocenters. The fraction of sp³-hybridized carbons (Fsp3) is 0.467. The minimum Gasteiger partial charge on any atom is -0.343 e. The lowest BCUT2D eigenvalue weighted by Gasteiger charge is -2.37. The Morgan fingerprint density at radius 1 is 1.25 bits per heavy atom. The lowest BCUT2D eigenvalue weighted by atomic mass is 10.0. The molecule has 0 bridgehead atoms. The quantitative estimate of drug-likeness (QED) is 0.907. The first-order chi connectivity index (χ1) is 9.52. The van der Waals surface area contributed by atoms with Crippen molar-refractivity contribution < 1.29 is 14.0 Å². The number of hydrogen-bond acceptors (Lipinski definition) is 2. The summed E-state index contributed by atoms with van der Waals surface area (Å²) in [6.07, 6.45) is 1.20. The molecule has 2 amide bonds. The van der Waals surface area contributed by atoms with Gasteiger partial charge in [-0.1, -0.05) is 19.1 Å². The van der Waals surface area contributed by atoms with E-state index in [9.17, 15) is 14.0 Å². The molecule has 0 saturated carbocycles. The summed E-state index contributed by atoms with van der Waals surface area (Å²) in [5.74, 6) is -0.431. The Kier molecular flexibility index (Phi) is 4.37. The van der Waals surface area contributed by atoms with Crippen LogP contribution in [0.15, 0.2) is 24.3 Å². The molecule has 2 atom stereocenters. The lowest BCUT2D eigenvalue weighted by molar-refractivity contribution is -0.148. The molecule has 0 aliphatic carbocycles. The highest BCUT2D eigenvalue weighted by Gasteiger charge is 2.36. The summed E-state index contributed by atoms with van der Waals surface area (Å²) in [4.78, 5) is 25.7. The van der Waals surface area contributed by atoms with Crippen molar-refractivity contribution in [1.29, 1.82) is 0 Å². The molecule has 0 spiro atoms. The first kappa shape index (κ1) is 14.5. The van der Waals surface area contributed by atoms with Crippen LogP contribution in [0.2, 0.25) is 0 Å². The van der Waals surface area contributed by atoms with Gasteiger partial charge in [-0.25, -0.2) is 4.39 Å². The van der Waals surface area contributed by atoms with Crippen LogP contribution >= 0.6 is 0 Å². The molecule has 108 valence electrons. The van der Waals surface area contributed by atoms with Gasteiger partial charge in [-0.15, -0.1) is 0 Å². The molecule has 1 aromatic rings. The Labute approximate surface area is 118 Å². The third-order valence-corrected chi connectivity index (χ3v) is 3.63. The van der Waals surface area contributed by atoms with Crippen molar-refractivity contribution in [2.45, 2.75) is 38.8 Å². The minimum absolute atomic E-state index is 0.0569. The average Bonchev–Trinajstić information content (AvgIpc) is 2.43. The summed E-state index contributed by atoms with van der Waals surface area (Å²) in [6.45, 7) is 4.05. The van der Waals surface area contributed by atoms with Gasteiger partial charge in [-0.2, -0.15) is 0 Å². The highest BCUT2D eigenvalue weighted by molar-refractivity contribution is 5.96. The third-order valence-electron chi connectivity index (χ3n) is 3.63.